The van der Waals surface area contributed by atoms with E-state index >= 15 is 0 Å². The molecule has 0 radical (unpaired) electrons. The maximum Gasteiger partial charge on any atom is 0.255 e. The van der Waals surface area contributed by atoms with Crippen LogP contribution in [0.15, 0.2) is 42.5 Å². The summed E-state index contributed by atoms with van der Waals surface area (Å²) in [6.45, 7) is 4.56. The quantitative estimate of drug-likeness (QED) is 0.748. The number of thiophene rings is 1. The van der Waals surface area contributed by atoms with Gasteiger partial charge in [-0.25, -0.2) is 0 Å². The second kappa shape index (κ2) is 8.80. The minimum Gasteiger partial charge on any atom is -0.379 e. The van der Waals surface area contributed by atoms with Crippen LogP contribution in [0.1, 0.15) is 34.6 Å². The maximum atomic E-state index is 12.8. The first-order valence-corrected chi connectivity index (χ1v) is 10.2. The standard InChI is InChI=1S/C21H28N2O2S/c1-17-10-11-19(26-17)15-22-16-21(25)12-6-14-23(20(21)24)13-5-9-18-7-3-2-4-8-18/h2-4,7-8,10-11,22,25H,5-6,9,12-16H2,1H3/t21-/m0/s1. The number of aliphatic hydroxyl groups is 1. The number of piperidine rings is 1. The molecule has 0 aliphatic carbocycles. The third-order valence-corrected chi connectivity index (χ3v) is 5.95. The van der Waals surface area contributed by atoms with E-state index in [9.17, 15) is 9.90 Å². The third kappa shape index (κ3) is 4.93. The van der Waals surface area contributed by atoms with Gasteiger partial charge in [0, 0.05) is 35.9 Å². The molecule has 0 spiro atoms. The Bertz CT molecular complexity index is 716. The Morgan fingerprint density at radius 1 is 1.23 bits per heavy atom. The van der Waals surface area contributed by atoms with Gasteiger partial charge in [0.25, 0.3) is 5.91 Å². The predicted octanol–water partition coefficient (Wildman–Crippen LogP) is 3.13. The summed E-state index contributed by atoms with van der Waals surface area (Å²) in [6, 6.07) is 14.5. The van der Waals surface area contributed by atoms with Crippen molar-refractivity contribution in [1.29, 1.82) is 0 Å². The molecule has 1 aromatic heterocycles. The van der Waals surface area contributed by atoms with E-state index in [0.717, 1.165) is 25.8 Å². The monoisotopic (exact) mass is 372 g/mol. The molecule has 2 aromatic rings. The molecule has 0 saturated carbocycles. The third-order valence-electron chi connectivity index (χ3n) is 4.95. The molecule has 5 heteroatoms. The van der Waals surface area contributed by atoms with Crippen LogP contribution in [0, 0.1) is 6.92 Å². The predicted molar refractivity (Wildman–Crippen MR) is 106 cm³/mol. The number of rotatable bonds is 8. The molecule has 1 aliphatic rings. The number of aryl methyl sites for hydroxylation is 2. The van der Waals surface area contributed by atoms with Crippen LogP contribution in [0.5, 0.6) is 0 Å². The molecular weight excluding hydrogens is 344 g/mol. The van der Waals surface area contributed by atoms with Crippen LogP contribution in [0.4, 0.5) is 0 Å². The van der Waals surface area contributed by atoms with Crippen molar-refractivity contribution in [1.82, 2.24) is 10.2 Å². The number of carbonyl (C=O) groups excluding carboxylic acids is 1. The number of nitrogens with zero attached hydrogens (tertiary/aromatic N) is 1. The van der Waals surface area contributed by atoms with E-state index in [1.54, 1.807) is 11.3 Å². The van der Waals surface area contributed by atoms with E-state index in [1.165, 1.54) is 15.3 Å². The highest BCUT2D eigenvalue weighted by molar-refractivity contribution is 7.11. The zero-order chi connectivity index (χ0) is 18.4. The molecule has 3 rings (SSSR count). The number of carbonyl (C=O) groups is 1. The van der Waals surface area contributed by atoms with Crippen molar-refractivity contribution >= 4 is 17.2 Å². The highest BCUT2D eigenvalue weighted by Gasteiger charge is 2.41. The Morgan fingerprint density at radius 2 is 2.04 bits per heavy atom. The summed E-state index contributed by atoms with van der Waals surface area (Å²) in [7, 11) is 0. The van der Waals surface area contributed by atoms with Crippen LogP contribution in [0.2, 0.25) is 0 Å². The first kappa shape index (κ1) is 19.1. The Morgan fingerprint density at radius 3 is 2.77 bits per heavy atom. The van der Waals surface area contributed by atoms with E-state index < -0.39 is 5.60 Å². The molecule has 1 aliphatic heterocycles. The zero-order valence-corrected chi connectivity index (χ0v) is 16.2. The van der Waals surface area contributed by atoms with Gasteiger partial charge in [0.2, 0.25) is 0 Å². The lowest BCUT2D eigenvalue weighted by molar-refractivity contribution is -0.156. The normalized spacial score (nSPS) is 20.5. The van der Waals surface area contributed by atoms with Crippen LogP contribution in [0.3, 0.4) is 0 Å². The Kier molecular flexibility index (Phi) is 6.46. The van der Waals surface area contributed by atoms with Gasteiger partial charge in [0.1, 0.15) is 0 Å². The molecule has 1 fully saturated rings. The van der Waals surface area contributed by atoms with E-state index in [0.29, 0.717) is 26.1 Å². The van der Waals surface area contributed by atoms with E-state index in [-0.39, 0.29) is 5.91 Å². The average Bonchev–Trinajstić information content (AvgIpc) is 3.05. The molecule has 2 N–H and O–H groups in total. The van der Waals surface area contributed by atoms with Crippen LogP contribution >= 0.6 is 11.3 Å². The lowest BCUT2D eigenvalue weighted by Crippen LogP contribution is -2.58. The second-order valence-electron chi connectivity index (χ2n) is 7.13. The largest absolute Gasteiger partial charge is 0.379 e. The van der Waals surface area contributed by atoms with Gasteiger partial charge in [-0.1, -0.05) is 30.3 Å². The van der Waals surface area contributed by atoms with Gasteiger partial charge in [0.05, 0.1) is 0 Å². The fourth-order valence-electron chi connectivity index (χ4n) is 3.53. The van der Waals surface area contributed by atoms with Crippen molar-refractivity contribution in [3.8, 4) is 0 Å². The van der Waals surface area contributed by atoms with Crippen molar-refractivity contribution in [2.75, 3.05) is 19.6 Å². The summed E-state index contributed by atoms with van der Waals surface area (Å²) in [4.78, 5) is 17.1. The molecule has 1 amide bonds. The molecular formula is C21H28N2O2S. The van der Waals surface area contributed by atoms with Gasteiger partial charge in [-0.2, -0.15) is 0 Å². The Labute approximate surface area is 159 Å². The van der Waals surface area contributed by atoms with Crippen molar-refractivity contribution in [3.05, 3.63) is 57.8 Å². The zero-order valence-electron chi connectivity index (χ0n) is 15.4. The highest BCUT2D eigenvalue weighted by Crippen LogP contribution is 2.23. The number of hydrogen-bond acceptors (Lipinski definition) is 4. The molecule has 1 atom stereocenters. The molecule has 1 aromatic carbocycles. The van der Waals surface area contributed by atoms with Crippen LogP contribution < -0.4 is 5.32 Å². The summed E-state index contributed by atoms with van der Waals surface area (Å²) in [5, 5.41) is 14.1. The van der Waals surface area contributed by atoms with Gasteiger partial charge in [-0.3, -0.25) is 4.79 Å². The fraction of sp³-hybridized carbons (Fsp3) is 0.476. The van der Waals surface area contributed by atoms with Crippen molar-refractivity contribution in [3.63, 3.8) is 0 Å². The highest BCUT2D eigenvalue weighted by atomic mass is 32.1. The maximum absolute atomic E-state index is 12.8. The molecule has 26 heavy (non-hydrogen) atoms. The van der Waals surface area contributed by atoms with Gasteiger partial charge >= 0.3 is 0 Å². The van der Waals surface area contributed by atoms with E-state index in [4.69, 9.17) is 0 Å². The number of hydrogen-bond donors (Lipinski definition) is 2. The SMILES string of the molecule is Cc1ccc(CNC[C@@]2(O)CCCN(CCCc3ccccc3)C2=O)s1. The summed E-state index contributed by atoms with van der Waals surface area (Å²) < 4.78 is 0. The number of amides is 1. The van der Waals surface area contributed by atoms with Crippen molar-refractivity contribution < 1.29 is 9.90 Å². The molecule has 2 heterocycles. The Hall–Kier alpha value is -1.69. The minimum atomic E-state index is -1.27. The molecule has 4 nitrogen and oxygen atoms in total. The van der Waals surface area contributed by atoms with Gasteiger partial charge in [-0.05, 0) is 50.3 Å². The number of nitrogens with one attached hydrogen (secondary N) is 1. The Balaban J connectivity index is 1.47. The van der Waals surface area contributed by atoms with Crippen LogP contribution in [-0.4, -0.2) is 41.1 Å². The van der Waals surface area contributed by atoms with Crippen LogP contribution in [0.25, 0.3) is 0 Å². The van der Waals surface area contributed by atoms with Gasteiger partial charge in [0.15, 0.2) is 5.60 Å². The minimum absolute atomic E-state index is 0.119. The lowest BCUT2D eigenvalue weighted by Gasteiger charge is -2.38. The smallest absolute Gasteiger partial charge is 0.255 e. The van der Waals surface area contributed by atoms with E-state index in [1.807, 2.05) is 23.1 Å². The van der Waals surface area contributed by atoms with Gasteiger partial charge < -0.3 is 15.3 Å². The number of likely N-dealkylation sites (tertiary alicyclic amines) is 1. The van der Waals surface area contributed by atoms with Crippen LogP contribution in [-0.2, 0) is 17.8 Å². The summed E-state index contributed by atoms with van der Waals surface area (Å²) >= 11 is 1.74. The lowest BCUT2D eigenvalue weighted by atomic mass is 9.91. The van der Waals surface area contributed by atoms with E-state index in [2.05, 4.69) is 36.5 Å². The van der Waals surface area contributed by atoms with Crippen molar-refractivity contribution in [2.24, 2.45) is 0 Å². The molecule has 1 saturated heterocycles. The van der Waals surface area contributed by atoms with Gasteiger partial charge in [-0.15, -0.1) is 11.3 Å². The molecule has 0 bridgehead atoms. The fourth-order valence-corrected chi connectivity index (χ4v) is 4.39. The number of benzene rings is 1. The molecule has 0 unspecified atom stereocenters. The first-order valence-electron chi connectivity index (χ1n) is 9.38. The first-order chi connectivity index (χ1) is 12.6. The van der Waals surface area contributed by atoms with Crippen molar-refractivity contribution in [2.45, 2.75) is 44.8 Å². The average molecular weight is 373 g/mol. The second-order valence-corrected chi connectivity index (χ2v) is 8.50. The molecule has 140 valence electrons. The summed E-state index contributed by atoms with van der Waals surface area (Å²) in [5.41, 5.74) is 0.0252. The summed E-state index contributed by atoms with van der Waals surface area (Å²) in [5.74, 6) is -0.119. The topological polar surface area (TPSA) is 52.6 Å². The summed E-state index contributed by atoms with van der Waals surface area (Å²) in [6.07, 6.45) is 3.28.